The van der Waals surface area contributed by atoms with Gasteiger partial charge in [0.2, 0.25) is 0 Å². The molecule has 0 aromatic heterocycles. The van der Waals surface area contributed by atoms with Crippen LogP contribution in [0.25, 0.3) is 0 Å². The summed E-state index contributed by atoms with van der Waals surface area (Å²) >= 11 is 0. The highest BCUT2D eigenvalue weighted by atomic mass is 16.5. The molecule has 138 valence electrons. The molecule has 3 rings (SSSR count). The smallest absolute Gasteiger partial charge is 0.262 e. The van der Waals surface area contributed by atoms with Crippen LogP contribution in [0.15, 0.2) is 42.5 Å². The number of fused-ring (bicyclic) bond motifs is 1. The van der Waals surface area contributed by atoms with Crippen LogP contribution in [0.1, 0.15) is 38.2 Å². The molecule has 0 radical (unpaired) electrons. The number of hydrogen-bond acceptors (Lipinski definition) is 4. The predicted molar refractivity (Wildman–Crippen MR) is 101 cm³/mol. The number of amides is 1. The highest BCUT2D eigenvalue weighted by Gasteiger charge is 2.12. The van der Waals surface area contributed by atoms with Crippen LogP contribution >= 0.6 is 0 Å². The lowest BCUT2D eigenvalue weighted by molar-refractivity contribution is -0.118. The SMILES string of the molecule is CCC(C)c1ccc(OCC(=O)Nc2ccc3c(c2)OCCCO3)cc1. The fourth-order valence-corrected chi connectivity index (χ4v) is 2.72. The van der Waals surface area contributed by atoms with Crippen molar-refractivity contribution in [3.05, 3.63) is 48.0 Å². The molecule has 0 spiro atoms. The molecule has 1 unspecified atom stereocenters. The summed E-state index contributed by atoms with van der Waals surface area (Å²) in [6.45, 7) is 5.57. The zero-order valence-electron chi connectivity index (χ0n) is 15.3. The van der Waals surface area contributed by atoms with Gasteiger partial charge in [-0.2, -0.15) is 0 Å². The molecule has 2 aromatic carbocycles. The Morgan fingerprint density at radius 2 is 1.85 bits per heavy atom. The number of rotatable bonds is 6. The third-order valence-corrected chi connectivity index (χ3v) is 4.46. The molecule has 0 saturated carbocycles. The molecule has 5 heteroatoms. The van der Waals surface area contributed by atoms with Gasteiger partial charge in [-0.3, -0.25) is 4.79 Å². The summed E-state index contributed by atoms with van der Waals surface area (Å²) < 4.78 is 16.8. The van der Waals surface area contributed by atoms with Gasteiger partial charge < -0.3 is 19.5 Å². The maximum absolute atomic E-state index is 12.1. The van der Waals surface area contributed by atoms with E-state index in [1.54, 1.807) is 12.1 Å². The molecule has 1 atom stereocenters. The van der Waals surface area contributed by atoms with Gasteiger partial charge in [-0.05, 0) is 42.2 Å². The van der Waals surface area contributed by atoms with Crippen LogP contribution in [0.4, 0.5) is 5.69 Å². The van der Waals surface area contributed by atoms with Crippen LogP contribution in [0.5, 0.6) is 17.2 Å². The average molecular weight is 355 g/mol. The summed E-state index contributed by atoms with van der Waals surface area (Å²) in [5.41, 5.74) is 1.94. The normalized spacial score (nSPS) is 14.2. The van der Waals surface area contributed by atoms with Crippen molar-refractivity contribution in [2.45, 2.75) is 32.6 Å². The van der Waals surface area contributed by atoms with Crippen molar-refractivity contribution in [1.29, 1.82) is 0 Å². The Labute approximate surface area is 154 Å². The summed E-state index contributed by atoms with van der Waals surface area (Å²) in [7, 11) is 0. The quantitative estimate of drug-likeness (QED) is 0.835. The number of carbonyl (C=O) groups is 1. The summed E-state index contributed by atoms with van der Waals surface area (Å²) in [5.74, 6) is 2.35. The third-order valence-electron chi connectivity index (χ3n) is 4.46. The minimum Gasteiger partial charge on any atom is -0.490 e. The fourth-order valence-electron chi connectivity index (χ4n) is 2.72. The second-order valence-electron chi connectivity index (χ2n) is 6.43. The van der Waals surface area contributed by atoms with Crippen LogP contribution in [0.3, 0.4) is 0 Å². The molecule has 1 N–H and O–H groups in total. The fraction of sp³-hybridized carbons (Fsp3) is 0.381. The van der Waals surface area contributed by atoms with Gasteiger partial charge in [-0.25, -0.2) is 0 Å². The Bertz CT molecular complexity index is 742. The number of anilines is 1. The van der Waals surface area contributed by atoms with E-state index in [0.717, 1.165) is 12.8 Å². The molecule has 2 aromatic rings. The van der Waals surface area contributed by atoms with Crippen LogP contribution in [-0.4, -0.2) is 25.7 Å². The van der Waals surface area contributed by atoms with E-state index in [-0.39, 0.29) is 12.5 Å². The Hall–Kier alpha value is -2.69. The van der Waals surface area contributed by atoms with E-state index in [2.05, 4.69) is 19.2 Å². The Kier molecular flexibility index (Phi) is 6.00. The first-order valence-electron chi connectivity index (χ1n) is 9.08. The monoisotopic (exact) mass is 355 g/mol. The Morgan fingerprint density at radius 1 is 1.12 bits per heavy atom. The molecular weight excluding hydrogens is 330 g/mol. The molecule has 1 aliphatic heterocycles. The number of nitrogens with one attached hydrogen (secondary N) is 1. The molecule has 1 amide bonds. The minimum atomic E-state index is -0.217. The van der Waals surface area contributed by atoms with E-state index in [1.165, 1.54) is 5.56 Å². The highest BCUT2D eigenvalue weighted by Crippen LogP contribution is 2.32. The molecule has 1 aliphatic rings. The van der Waals surface area contributed by atoms with Crippen molar-refractivity contribution in [3.8, 4) is 17.2 Å². The molecule has 0 fully saturated rings. The number of hydrogen-bond donors (Lipinski definition) is 1. The Morgan fingerprint density at radius 3 is 2.58 bits per heavy atom. The van der Waals surface area contributed by atoms with Crippen LogP contribution < -0.4 is 19.5 Å². The van der Waals surface area contributed by atoms with Gasteiger partial charge in [0.15, 0.2) is 18.1 Å². The average Bonchev–Trinajstić information content (AvgIpc) is 2.91. The number of benzene rings is 2. The van der Waals surface area contributed by atoms with Crippen molar-refractivity contribution < 1.29 is 19.0 Å². The van der Waals surface area contributed by atoms with Gasteiger partial charge in [-0.1, -0.05) is 26.0 Å². The van der Waals surface area contributed by atoms with Crippen molar-refractivity contribution in [2.24, 2.45) is 0 Å². The molecule has 26 heavy (non-hydrogen) atoms. The van der Waals surface area contributed by atoms with Crippen molar-refractivity contribution in [2.75, 3.05) is 25.1 Å². The molecule has 1 heterocycles. The second-order valence-corrected chi connectivity index (χ2v) is 6.43. The summed E-state index contributed by atoms with van der Waals surface area (Å²) in [6, 6.07) is 13.3. The second kappa shape index (κ2) is 8.61. The van der Waals surface area contributed by atoms with Gasteiger partial charge in [0, 0.05) is 18.2 Å². The van der Waals surface area contributed by atoms with E-state index >= 15 is 0 Å². The molecule has 0 bridgehead atoms. The lowest BCUT2D eigenvalue weighted by Crippen LogP contribution is -2.20. The molecular formula is C21H25NO4. The van der Waals surface area contributed by atoms with Gasteiger partial charge in [0.25, 0.3) is 5.91 Å². The maximum Gasteiger partial charge on any atom is 0.262 e. The van der Waals surface area contributed by atoms with Crippen LogP contribution in [0.2, 0.25) is 0 Å². The highest BCUT2D eigenvalue weighted by molar-refractivity contribution is 5.92. The predicted octanol–water partition coefficient (Wildman–Crippen LogP) is 4.38. The summed E-state index contributed by atoms with van der Waals surface area (Å²) in [4.78, 5) is 12.1. The van der Waals surface area contributed by atoms with E-state index < -0.39 is 0 Å². The summed E-state index contributed by atoms with van der Waals surface area (Å²) in [6.07, 6.45) is 1.94. The zero-order chi connectivity index (χ0) is 18.4. The lowest BCUT2D eigenvalue weighted by atomic mass is 9.99. The molecule has 0 aliphatic carbocycles. The van der Waals surface area contributed by atoms with Crippen molar-refractivity contribution in [1.82, 2.24) is 0 Å². The third kappa shape index (κ3) is 4.69. The maximum atomic E-state index is 12.1. The first-order valence-corrected chi connectivity index (χ1v) is 9.08. The number of carbonyl (C=O) groups excluding carboxylic acids is 1. The van der Waals surface area contributed by atoms with Crippen molar-refractivity contribution >= 4 is 11.6 Å². The van der Waals surface area contributed by atoms with Gasteiger partial charge in [-0.15, -0.1) is 0 Å². The summed E-state index contributed by atoms with van der Waals surface area (Å²) in [5, 5.41) is 2.82. The lowest BCUT2D eigenvalue weighted by Gasteiger charge is -2.12. The van der Waals surface area contributed by atoms with Crippen LogP contribution in [0, 0.1) is 0 Å². The van der Waals surface area contributed by atoms with Gasteiger partial charge in [0.05, 0.1) is 13.2 Å². The van der Waals surface area contributed by atoms with Crippen LogP contribution in [-0.2, 0) is 4.79 Å². The van der Waals surface area contributed by atoms with E-state index in [9.17, 15) is 4.79 Å². The van der Waals surface area contributed by atoms with E-state index in [1.807, 2.05) is 30.3 Å². The zero-order valence-corrected chi connectivity index (χ0v) is 15.3. The molecule has 5 nitrogen and oxygen atoms in total. The topological polar surface area (TPSA) is 56.8 Å². The standard InChI is InChI=1S/C21H25NO4/c1-3-15(2)16-5-8-18(9-6-16)26-14-21(23)22-17-7-10-19-20(13-17)25-12-4-11-24-19/h5-10,13,15H,3-4,11-12,14H2,1-2H3,(H,22,23). The number of ether oxygens (including phenoxy) is 3. The first kappa shape index (κ1) is 18.1. The minimum absolute atomic E-state index is 0.0445. The Balaban J connectivity index is 1.53. The largest absolute Gasteiger partial charge is 0.490 e. The van der Waals surface area contributed by atoms with Gasteiger partial charge in [0.1, 0.15) is 5.75 Å². The molecule has 0 saturated heterocycles. The van der Waals surface area contributed by atoms with Gasteiger partial charge >= 0.3 is 0 Å². The van der Waals surface area contributed by atoms with E-state index in [4.69, 9.17) is 14.2 Å². The van der Waals surface area contributed by atoms with Crippen molar-refractivity contribution in [3.63, 3.8) is 0 Å². The van der Waals surface area contributed by atoms with E-state index in [0.29, 0.717) is 42.1 Å². The first-order chi connectivity index (χ1) is 12.7.